The Kier molecular flexibility index (Phi) is 2.68. The third-order valence-corrected chi connectivity index (χ3v) is 2.70. The van der Waals surface area contributed by atoms with Gasteiger partial charge in [-0.1, -0.05) is 15.9 Å². The Morgan fingerprint density at radius 1 is 1.47 bits per heavy atom. The van der Waals surface area contributed by atoms with Gasteiger partial charge in [0.15, 0.2) is 6.29 Å². The molecule has 0 aliphatic heterocycles. The fraction of sp³-hybridized carbons (Fsp3) is 0.0909. The number of hydrogen-bond donors (Lipinski definition) is 0. The number of imidazole rings is 1. The molecule has 0 bridgehead atoms. The lowest BCUT2D eigenvalue weighted by molar-refractivity contribution is 0.112. The van der Waals surface area contributed by atoms with Gasteiger partial charge in [-0.3, -0.25) is 4.79 Å². The molecule has 0 amide bonds. The molecule has 2 aromatic rings. The van der Waals surface area contributed by atoms with E-state index < -0.39 is 0 Å². The van der Waals surface area contributed by atoms with Gasteiger partial charge in [-0.2, -0.15) is 0 Å². The van der Waals surface area contributed by atoms with E-state index in [1.807, 2.05) is 29.8 Å². The molecule has 2 rings (SSSR count). The summed E-state index contributed by atoms with van der Waals surface area (Å²) in [6.07, 6.45) is 4.40. The lowest BCUT2D eigenvalue weighted by atomic mass is 10.2. The first-order valence-corrected chi connectivity index (χ1v) is 5.26. The van der Waals surface area contributed by atoms with E-state index in [0.717, 1.165) is 22.3 Å². The van der Waals surface area contributed by atoms with Gasteiger partial charge in [-0.25, -0.2) is 4.98 Å². The number of aldehydes is 1. The number of benzene rings is 1. The molecule has 0 aliphatic carbocycles. The molecule has 3 nitrogen and oxygen atoms in total. The molecule has 0 atom stereocenters. The molecule has 0 spiro atoms. The molecule has 4 heteroatoms. The van der Waals surface area contributed by atoms with E-state index in [9.17, 15) is 4.79 Å². The van der Waals surface area contributed by atoms with E-state index in [0.29, 0.717) is 5.56 Å². The Labute approximate surface area is 95.9 Å². The minimum absolute atomic E-state index is 0.652. The minimum atomic E-state index is 0.652. The molecule has 76 valence electrons. The quantitative estimate of drug-likeness (QED) is 0.782. The van der Waals surface area contributed by atoms with Crippen molar-refractivity contribution in [1.82, 2.24) is 9.55 Å². The minimum Gasteiger partial charge on any atom is -0.303 e. The predicted molar refractivity (Wildman–Crippen MR) is 61.4 cm³/mol. The van der Waals surface area contributed by atoms with Crippen LogP contribution in [-0.2, 0) is 0 Å². The third kappa shape index (κ3) is 1.85. The Balaban J connectivity index is 2.65. The van der Waals surface area contributed by atoms with Gasteiger partial charge in [-0.15, -0.1) is 0 Å². The van der Waals surface area contributed by atoms with E-state index >= 15 is 0 Å². The average molecular weight is 265 g/mol. The topological polar surface area (TPSA) is 34.9 Å². The van der Waals surface area contributed by atoms with Gasteiger partial charge in [0, 0.05) is 22.4 Å². The first kappa shape index (κ1) is 10.1. The largest absolute Gasteiger partial charge is 0.303 e. The highest BCUT2D eigenvalue weighted by Crippen LogP contribution is 2.20. The Hall–Kier alpha value is -1.42. The van der Waals surface area contributed by atoms with E-state index in [4.69, 9.17) is 0 Å². The Bertz CT molecular complexity index is 505. The average Bonchev–Trinajstić information content (AvgIpc) is 2.64. The molecule has 0 saturated heterocycles. The monoisotopic (exact) mass is 264 g/mol. The van der Waals surface area contributed by atoms with Crippen molar-refractivity contribution < 1.29 is 4.79 Å². The van der Waals surface area contributed by atoms with Crippen LogP contribution in [0.4, 0.5) is 0 Å². The van der Waals surface area contributed by atoms with E-state index in [1.165, 1.54) is 0 Å². The molecule has 1 aromatic heterocycles. The van der Waals surface area contributed by atoms with Gasteiger partial charge in [0.1, 0.15) is 5.82 Å². The fourth-order valence-corrected chi connectivity index (χ4v) is 1.81. The lowest BCUT2D eigenvalue weighted by Gasteiger charge is -2.08. The summed E-state index contributed by atoms with van der Waals surface area (Å²) < 4.78 is 2.82. The summed E-state index contributed by atoms with van der Waals surface area (Å²) in [6, 6.07) is 5.53. The molecular formula is C11H9BrN2O. The van der Waals surface area contributed by atoms with Gasteiger partial charge in [0.05, 0.1) is 5.69 Å². The van der Waals surface area contributed by atoms with E-state index in [-0.39, 0.29) is 0 Å². The predicted octanol–water partition coefficient (Wildman–Crippen LogP) is 2.76. The van der Waals surface area contributed by atoms with Crippen molar-refractivity contribution in [2.75, 3.05) is 0 Å². The van der Waals surface area contributed by atoms with Gasteiger partial charge in [-0.05, 0) is 25.1 Å². The van der Waals surface area contributed by atoms with Crippen molar-refractivity contribution in [3.05, 3.63) is 46.5 Å². The number of carbonyl (C=O) groups excluding carboxylic acids is 1. The van der Waals surface area contributed by atoms with Crippen LogP contribution in [0.15, 0.2) is 35.1 Å². The second-order valence-corrected chi connectivity index (χ2v) is 4.08. The van der Waals surface area contributed by atoms with Gasteiger partial charge in [0.2, 0.25) is 0 Å². The Morgan fingerprint density at radius 3 is 2.87 bits per heavy atom. The van der Waals surface area contributed by atoms with Crippen molar-refractivity contribution >= 4 is 22.2 Å². The highest BCUT2D eigenvalue weighted by Gasteiger charge is 2.06. The van der Waals surface area contributed by atoms with Gasteiger partial charge >= 0.3 is 0 Å². The summed E-state index contributed by atoms with van der Waals surface area (Å²) in [4.78, 5) is 15.0. The zero-order valence-electron chi connectivity index (χ0n) is 8.14. The molecule has 0 N–H and O–H groups in total. The maximum Gasteiger partial charge on any atom is 0.152 e. The number of halogens is 1. The summed E-state index contributed by atoms with van der Waals surface area (Å²) in [7, 11) is 0. The van der Waals surface area contributed by atoms with Crippen LogP contribution >= 0.6 is 15.9 Å². The van der Waals surface area contributed by atoms with Crippen LogP contribution in [0.2, 0.25) is 0 Å². The molecule has 15 heavy (non-hydrogen) atoms. The zero-order valence-corrected chi connectivity index (χ0v) is 9.73. The smallest absolute Gasteiger partial charge is 0.152 e. The molecule has 0 fully saturated rings. The second-order valence-electron chi connectivity index (χ2n) is 3.17. The standard InChI is InChI=1S/C11H9BrN2O/c1-8-13-4-5-14(8)11-6-10(12)3-2-9(11)7-15/h2-7H,1H3. The number of carbonyl (C=O) groups is 1. The van der Waals surface area contributed by atoms with Crippen molar-refractivity contribution in [1.29, 1.82) is 0 Å². The van der Waals surface area contributed by atoms with E-state index in [2.05, 4.69) is 20.9 Å². The number of aryl methyl sites for hydroxylation is 1. The Morgan fingerprint density at radius 2 is 2.27 bits per heavy atom. The molecule has 0 unspecified atom stereocenters. The SMILES string of the molecule is Cc1nccn1-c1cc(Br)ccc1C=O. The van der Waals surface area contributed by atoms with Gasteiger partial charge < -0.3 is 4.57 Å². The van der Waals surface area contributed by atoms with Gasteiger partial charge in [0.25, 0.3) is 0 Å². The van der Waals surface area contributed by atoms with Crippen LogP contribution in [0.25, 0.3) is 5.69 Å². The lowest BCUT2D eigenvalue weighted by Crippen LogP contribution is -2.00. The van der Waals surface area contributed by atoms with Crippen LogP contribution < -0.4 is 0 Å². The normalized spacial score (nSPS) is 10.3. The molecule has 0 radical (unpaired) electrons. The fourth-order valence-electron chi connectivity index (χ4n) is 1.46. The summed E-state index contributed by atoms with van der Waals surface area (Å²) >= 11 is 3.39. The maximum atomic E-state index is 10.9. The van der Waals surface area contributed by atoms with Crippen LogP contribution in [-0.4, -0.2) is 15.8 Å². The molecular weight excluding hydrogens is 256 g/mol. The molecule has 1 aromatic carbocycles. The molecule has 0 saturated carbocycles. The summed E-state index contributed by atoms with van der Waals surface area (Å²) in [5.74, 6) is 0.858. The van der Waals surface area contributed by atoms with Crippen LogP contribution in [0.5, 0.6) is 0 Å². The highest BCUT2D eigenvalue weighted by atomic mass is 79.9. The summed E-state index contributed by atoms with van der Waals surface area (Å²) in [5.41, 5.74) is 1.49. The first-order valence-electron chi connectivity index (χ1n) is 4.47. The summed E-state index contributed by atoms with van der Waals surface area (Å²) in [5, 5.41) is 0. The van der Waals surface area contributed by atoms with Crippen LogP contribution in [0.1, 0.15) is 16.2 Å². The number of nitrogens with zero attached hydrogens (tertiary/aromatic N) is 2. The van der Waals surface area contributed by atoms with Crippen molar-refractivity contribution in [3.8, 4) is 5.69 Å². The van der Waals surface area contributed by atoms with Crippen molar-refractivity contribution in [2.45, 2.75) is 6.92 Å². The molecule has 0 aliphatic rings. The number of aromatic nitrogens is 2. The zero-order chi connectivity index (χ0) is 10.8. The van der Waals surface area contributed by atoms with Crippen molar-refractivity contribution in [2.24, 2.45) is 0 Å². The number of rotatable bonds is 2. The maximum absolute atomic E-state index is 10.9. The summed E-state index contributed by atoms with van der Waals surface area (Å²) in [6.45, 7) is 1.90. The molecule has 1 heterocycles. The van der Waals surface area contributed by atoms with Crippen LogP contribution in [0.3, 0.4) is 0 Å². The van der Waals surface area contributed by atoms with E-state index in [1.54, 1.807) is 12.3 Å². The number of hydrogen-bond acceptors (Lipinski definition) is 2. The second kappa shape index (κ2) is 3.98. The first-order chi connectivity index (χ1) is 7.22. The van der Waals surface area contributed by atoms with Crippen LogP contribution in [0, 0.1) is 6.92 Å². The third-order valence-electron chi connectivity index (χ3n) is 2.20. The highest BCUT2D eigenvalue weighted by molar-refractivity contribution is 9.10. The van der Waals surface area contributed by atoms with Crippen molar-refractivity contribution in [3.63, 3.8) is 0 Å².